The Kier molecular flexibility index (Phi) is 2.29. The monoisotopic (exact) mass is 220 g/mol. The van der Waals surface area contributed by atoms with Crippen molar-refractivity contribution in [1.29, 1.82) is 5.26 Å². The van der Waals surface area contributed by atoms with Crippen LogP contribution in [0.1, 0.15) is 11.1 Å². The first-order valence-electron chi connectivity index (χ1n) is 4.28. The third-order valence-corrected chi connectivity index (χ3v) is 2.46. The van der Waals surface area contributed by atoms with Gasteiger partial charge in [0.05, 0.1) is 22.2 Å². The van der Waals surface area contributed by atoms with Crippen LogP contribution in [0.3, 0.4) is 0 Å². The van der Waals surface area contributed by atoms with E-state index in [-0.39, 0.29) is 5.56 Å². The molecule has 2 nitrogen and oxygen atoms in total. The maximum Gasteiger partial charge on any atom is 0.129 e. The van der Waals surface area contributed by atoms with Crippen molar-refractivity contribution < 1.29 is 4.39 Å². The maximum atomic E-state index is 13.4. The average molecular weight is 221 g/mol. The lowest BCUT2D eigenvalue weighted by Crippen LogP contribution is -1.91. The Balaban J connectivity index is 2.98. The summed E-state index contributed by atoms with van der Waals surface area (Å²) in [6.45, 7) is 1.62. The Bertz CT molecular complexity index is 587. The lowest BCUT2D eigenvalue weighted by Gasteiger charge is -2.04. The number of hydrogen-bond donors (Lipinski definition) is 0. The van der Waals surface area contributed by atoms with Gasteiger partial charge in [-0.3, -0.25) is 4.98 Å². The predicted octanol–water partition coefficient (Wildman–Crippen LogP) is 3.21. The van der Waals surface area contributed by atoms with Crippen LogP contribution in [0.4, 0.5) is 4.39 Å². The molecule has 0 aliphatic carbocycles. The van der Waals surface area contributed by atoms with Crippen LogP contribution in [-0.2, 0) is 0 Å². The summed E-state index contributed by atoms with van der Waals surface area (Å²) in [6.07, 6.45) is 1.44. The van der Waals surface area contributed by atoms with Gasteiger partial charge in [0.2, 0.25) is 0 Å². The molecular formula is C11H6ClFN2. The van der Waals surface area contributed by atoms with E-state index >= 15 is 0 Å². The summed E-state index contributed by atoms with van der Waals surface area (Å²) in [7, 11) is 0. The van der Waals surface area contributed by atoms with E-state index in [9.17, 15) is 4.39 Å². The molecule has 0 amide bonds. The van der Waals surface area contributed by atoms with E-state index in [4.69, 9.17) is 16.9 Å². The summed E-state index contributed by atoms with van der Waals surface area (Å²) in [6, 6.07) is 4.75. The van der Waals surface area contributed by atoms with Crippen LogP contribution in [0.25, 0.3) is 10.9 Å². The largest absolute Gasteiger partial charge is 0.254 e. The first-order valence-corrected chi connectivity index (χ1v) is 4.65. The lowest BCUT2D eigenvalue weighted by atomic mass is 10.1. The zero-order valence-electron chi connectivity index (χ0n) is 7.88. The number of halogens is 2. The molecule has 1 aromatic heterocycles. The van der Waals surface area contributed by atoms with E-state index in [0.717, 1.165) is 0 Å². The third-order valence-electron chi connectivity index (χ3n) is 2.25. The molecule has 0 radical (unpaired) electrons. The van der Waals surface area contributed by atoms with E-state index < -0.39 is 5.82 Å². The van der Waals surface area contributed by atoms with Gasteiger partial charge >= 0.3 is 0 Å². The van der Waals surface area contributed by atoms with Crippen LogP contribution >= 0.6 is 11.6 Å². The molecule has 0 saturated carbocycles. The molecule has 15 heavy (non-hydrogen) atoms. The molecule has 0 fully saturated rings. The SMILES string of the molecule is Cc1c(F)cc(C#N)c2cc(Cl)cnc12. The molecule has 0 bridgehead atoms. The molecule has 0 aliphatic heterocycles. The number of hydrogen-bond acceptors (Lipinski definition) is 2. The second kappa shape index (κ2) is 3.48. The van der Waals surface area contributed by atoms with Crippen LogP contribution in [-0.4, -0.2) is 4.98 Å². The molecule has 0 unspecified atom stereocenters. The van der Waals surface area contributed by atoms with E-state index in [1.54, 1.807) is 13.0 Å². The van der Waals surface area contributed by atoms with Crippen molar-refractivity contribution >= 4 is 22.5 Å². The minimum absolute atomic E-state index is 0.253. The topological polar surface area (TPSA) is 36.7 Å². The van der Waals surface area contributed by atoms with Crippen LogP contribution < -0.4 is 0 Å². The Labute approximate surface area is 90.9 Å². The van der Waals surface area contributed by atoms with Crippen LogP contribution in [0.5, 0.6) is 0 Å². The standard InChI is InChI=1S/C11H6ClFN2/c1-6-10(13)2-7(4-14)9-3-8(12)5-15-11(6)9/h2-3,5H,1H3. The van der Waals surface area contributed by atoms with Gasteiger partial charge in [-0.2, -0.15) is 5.26 Å². The molecular weight excluding hydrogens is 215 g/mol. The van der Waals surface area contributed by atoms with Crippen molar-refractivity contribution in [2.45, 2.75) is 6.92 Å². The van der Waals surface area contributed by atoms with Crippen molar-refractivity contribution in [2.24, 2.45) is 0 Å². The van der Waals surface area contributed by atoms with Gasteiger partial charge in [0.1, 0.15) is 5.82 Å². The summed E-state index contributed by atoms with van der Waals surface area (Å²) in [5.41, 5.74) is 1.17. The molecule has 0 atom stereocenters. The number of pyridine rings is 1. The number of rotatable bonds is 0. The quantitative estimate of drug-likeness (QED) is 0.684. The fourth-order valence-corrected chi connectivity index (χ4v) is 1.62. The van der Waals surface area contributed by atoms with Crippen molar-refractivity contribution in [3.63, 3.8) is 0 Å². The van der Waals surface area contributed by atoms with Gasteiger partial charge in [-0.25, -0.2) is 4.39 Å². The smallest absolute Gasteiger partial charge is 0.129 e. The Morgan fingerprint density at radius 2 is 2.20 bits per heavy atom. The van der Waals surface area contributed by atoms with Crippen LogP contribution in [0.15, 0.2) is 18.3 Å². The second-order valence-corrected chi connectivity index (χ2v) is 3.63. The van der Waals surface area contributed by atoms with Gasteiger partial charge in [-0.05, 0) is 19.1 Å². The summed E-state index contributed by atoms with van der Waals surface area (Å²) >= 11 is 5.77. The fourth-order valence-electron chi connectivity index (χ4n) is 1.46. The average Bonchev–Trinajstić information content (AvgIpc) is 2.23. The molecule has 0 spiro atoms. The summed E-state index contributed by atoms with van der Waals surface area (Å²) in [5.74, 6) is -0.422. The van der Waals surface area contributed by atoms with Crippen molar-refractivity contribution in [3.8, 4) is 6.07 Å². The minimum Gasteiger partial charge on any atom is -0.254 e. The van der Waals surface area contributed by atoms with E-state index in [0.29, 0.717) is 21.5 Å². The molecule has 0 aliphatic rings. The highest BCUT2D eigenvalue weighted by molar-refractivity contribution is 6.31. The molecule has 74 valence electrons. The number of fused-ring (bicyclic) bond motifs is 1. The number of aryl methyl sites for hydroxylation is 1. The first-order chi connectivity index (χ1) is 7.13. The lowest BCUT2D eigenvalue weighted by molar-refractivity contribution is 0.620. The highest BCUT2D eigenvalue weighted by atomic mass is 35.5. The third kappa shape index (κ3) is 1.53. The van der Waals surface area contributed by atoms with E-state index in [1.807, 2.05) is 6.07 Å². The van der Waals surface area contributed by atoms with Gasteiger partial charge in [-0.15, -0.1) is 0 Å². The van der Waals surface area contributed by atoms with Gasteiger partial charge < -0.3 is 0 Å². The molecule has 1 aromatic carbocycles. The van der Waals surface area contributed by atoms with Gasteiger partial charge in [-0.1, -0.05) is 11.6 Å². The molecule has 1 heterocycles. The Hall–Kier alpha value is -1.66. The zero-order valence-corrected chi connectivity index (χ0v) is 8.64. The van der Waals surface area contributed by atoms with Crippen molar-refractivity contribution in [2.75, 3.05) is 0 Å². The number of nitriles is 1. The summed E-state index contributed by atoms with van der Waals surface area (Å²) in [4.78, 5) is 4.03. The van der Waals surface area contributed by atoms with Crippen molar-refractivity contribution in [3.05, 3.63) is 40.3 Å². The number of benzene rings is 1. The number of nitrogens with zero attached hydrogens (tertiary/aromatic N) is 2. The van der Waals surface area contributed by atoms with Gasteiger partial charge in [0, 0.05) is 17.1 Å². The first kappa shape index (κ1) is 9.88. The highest BCUT2D eigenvalue weighted by Gasteiger charge is 2.10. The summed E-state index contributed by atoms with van der Waals surface area (Å²) < 4.78 is 13.4. The maximum absolute atomic E-state index is 13.4. The Morgan fingerprint density at radius 1 is 1.47 bits per heavy atom. The van der Waals surface area contributed by atoms with Gasteiger partial charge in [0.15, 0.2) is 0 Å². The number of aromatic nitrogens is 1. The normalized spacial score (nSPS) is 10.3. The van der Waals surface area contributed by atoms with Crippen molar-refractivity contribution in [1.82, 2.24) is 4.98 Å². The van der Waals surface area contributed by atoms with Gasteiger partial charge in [0.25, 0.3) is 0 Å². The molecule has 0 N–H and O–H groups in total. The van der Waals surface area contributed by atoms with Crippen LogP contribution in [0, 0.1) is 24.1 Å². The second-order valence-electron chi connectivity index (χ2n) is 3.19. The predicted molar refractivity (Wildman–Crippen MR) is 56.2 cm³/mol. The molecule has 2 rings (SSSR count). The summed E-state index contributed by atoms with van der Waals surface area (Å²) in [5, 5.41) is 9.88. The van der Waals surface area contributed by atoms with E-state index in [1.165, 1.54) is 12.3 Å². The highest BCUT2D eigenvalue weighted by Crippen LogP contribution is 2.25. The fraction of sp³-hybridized carbons (Fsp3) is 0.0909. The zero-order chi connectivity index (χ0) is 11.0. The molecule has 0 saturated heterocycles. The van der Waals surface area contributed by atoms with E-state index in [2.05, 4.69) is 4.98 Å². The Morgan fingerprint density at radius 3 is 2.87 bits per heavy atom. The molecule has 4 heteroatoms. The minimum atomic E-state index is -0.422. The molecule has 2 aromatic rings. The van der Waals surface area contributed by atoms with Crippen LogP contribution in [0.2, 0.25) is 5.02 Å².